The SMILES string of the molecule is C[Si](C)(C)Oc1ccc([C@@H]2COC(=O)N2)cc1.Cl. The van der Waals surface area contributed by atoms with Gasteiger partial charge in [-0.05, 0) is 37.3 Å². The zero-order valence-electron chi connectivity index (χ0n) is 10.7. The molecule has 2 rings (SSSR count). The largest absolute Gasteiger partial charge is 0.544 e. The lowest BCUT2D eigenvalue weighted by atomic mass is 10.1. The first-order valence-corrected chi connectivity index (χ1v) is 9.07. The summed E-state index contributed by atoms with van der Waals surface area (Å²) in [5.74, 6) is 0.887. The molecule has 1 N–H and O–H groups in total. The van der Waals surface area contributed by atoms with E-state index in [2.05, 4.69) is 25.0 Å². The van der Waals surface area contributed by atoms with Crippen LogP contribution in [-0.4, -0.2) is 21.0 Å². The van der Waals surface area contributed by atoms with E-state index in [9.17, 15) is 4.79 Å². The van der Waals surface area contributed by atoms with Crippen LogP contribution in [0.5, 0.6) is 5.75 Å². The highest BCUT2D eigenvalue weighted by molar-refractivity contribution is 6.70. The molecule has 1 amide bonds. The Balaban J connectivity index is 0.00000162. The quantitative estimate of drug-likeness (QED) is 0.869. The third kappa shape index (κ3) is 3.92. The van der Waals surface area contributed by atoms with Gasteiger partial charge < -0.3 is 14.5 Å². The molecular weight excluding hydrogens is 270 g/mol. The van der Waals surface area contributed by atoms with E-state index in [1.807, 2.05) is 24.3 Å². The molecule has 18 heavy (non-hydrogen) atoms. The van der Waals surface area contributed by atoms with Crippen LogP contribution in [0.2, 0.25) is 19.6 Å². The van der Waals surface area contributed by atoms with Crippen molar-refractivity contribution in [1.29, 1.82) is 0 Å². The van der Waals surface area contributed by atoms with Crippen LogP contribution in [-0.2, 0) is 4.74 Å². The van der Waals surface area contributed by atoms with Crippen molar-refractivity contribution in [3.8, 4) is 5.75 Å². The number of rotatable bonds is 3. The van der Waals surface area contributed by atoms with Gasteiger partial charge in [-0.2, -0.15) is 0 Å². The van der Waals surface area contributed by atoms with Gasteiger partial charge in [0.1, 0.15) is 12.4 Å². The summed E-state index contributed by atoms with van der Waals surface area (Å²) in [7, 11) is -1.55. The molecule has 4 nitrogen and oxygen atoms in total. The topological polar surface area (TPSA) is 47.6 Å². The molecule has 0 aromatic heterocycles. The first kappa shape index (κ1) is 14.9. The van der Waals surface area contributed by atoms with Crippen LogP contribution in [0.1, 0.15) is 11.6 Å². The zero-order valence-corrected chi connectivity index (χ0v) is 12.5. The predicted molar refractivity (Wildman–Crippen MR) is 74.9 cm³/mol. The second kappa shape index (κ2) is 5.62. The smallest absolute Gasteiger partial charge is 0.407 e. The Bertz CT molecular complexity index is 416. The van der Waals surface area contributed by atoms with Crippen molar-refractivity contribution in [3.05, 3.63) is 29.8 Å². The van der Waals surface area contributed by atoms with Gasteiger partial charge in [0, 0.05) is 0 Å². The van der Waals surface area contributed by atoms with Gasteiger partial charge in [0.15, 0.2) is 0 Å². The maximum atomic E-state index is 10.9. The van der Waals surface area contributed by atoms with Crippen molar-refractivity contribution < 1.29 is 14.0 Å². The highest BCUT2D eigenvalue weighted by Crippen LogP contribution is 2.22. The molecule has 1 aromatic rings. The fraction of sp³-hybridized carbons (Fsp3) is 0.417. The molecule has 1 aliphatic heterocycles. The molecule has 0 unspecified atom stereocenters. The van der Waals surface area contributed by atoms with Gasteiger partial charge in [-0.25, -0.2) is 4.79 Å². The standard InChI is InChI=1S/C12H17NO3Si.ClH/c1-17(2,3)16-10-6-4-9(5-7-10)11-8-15-12(14)13-11;/h4-7,11H,8H2,1-3H3,(H,13,14);1H/t11-;/m0./s1. The fourth-order valence-electron chi connectivity index (χ4n) is 1.69. The number of ether oxygens (including phenoxy) is 1. The van der Waals surface area contributed by atoms with Crippen LogP contribution < -0.4 is 9.74 Å². The van der Waals surface area contributed by atoms with E-state index in [1.165, 1.54) is 0 Å². The second-order valence-electron chi connectivity index (χ2n) is 5.08. The van der Waals surface area contributed by atoms with Crippen LogP contribution in [0, 0.1) is 0 Å². The van der Waals surface area contributed by atoms with Gasteiger partial charge in [0.05, 0.1) is 6.04 Å². The average molecular weight is 288 g/mol. The number of carbonyl (C=O) groups is 1. The molecule has 0 saturated carbocycles. The Morgan fingerprint density at radius 1 is 1.28 bits per heavy atom. The molecule has 0 radical (unpaired) electrons. The minimum Gasteiger partial charge on any atom is -0.544 e. The third-order valence-electron chi connectivity index (χ3n) is 2.38. The second-order valence-corrected chi connectivity index (χ2v) is 9.51. The van der Waals surface area contributed by atoms with E-state index >= 15 is 0 Å². The zero-order chi connectivity index (χ0) is 12.5. The molecular formula is C12H18ClNO3Si. The lowest BCUT2D eigenvalue weighted by molar-refractivity contribution is 0.177. The van der Waals surface area contributed by atoms with E-state index in [1.54, 1.807) is 0 Å². The summed E-state index contributed by atoms with van der Waals surface area (Å²) in [6.45, 7) is 6.83. The molecule has 6 heteroatoms. The molecule has 0 aliphatic carbocycles. The monoisotopic (exact) mass is 287 g/mol. The number of alkyl carbamates (subject to hydrolysis) is 1. The molecule has 1 saturated heterocycles. The number of carbonyl (C=O) groups excluding carboxylic acids is 1. The molecule has 0 bridgehead atoms. The molecule has 100 valence electrons. The van der Waals surface area contributed by atoms with Crippen molar-refractivity contribution in [2.24, 2.45) is 0 Å². The van der Waals surface area contributed by atoms with Gasteiger partial charge in [-0.3, -0.25) is 0 Å². The number of amides is 1. The molecule has 1 fully saturated rings. The van der Waals surface area contributed by atoms with Crippen molar-refractivity contribution >= 4 is 26.8 Å². The number of benzene rings is 1. The number of nitrogens with one attached hydrogen (secondary N) is 1. The van der Waals surface area contributed by atoms with E-state index in [0.717, 1.165) is 11.3 Å². The summed E-state index contributed by atoms with van der Waals surface area (Å²) in [6, 6.07) is 7.78. The van der Waals surface area contributed by atoms with Gasteiger partial charge in [-0.1, -0.05) is 12.1 Å². The summed E-state index contributed by atoms with van der Waals surface area (Å²) in [4.78, 5) is 10.9. The Morgan fingerprint density at radius 3 is 2.33 bits per heavy atom. The number of hydrogen-bond donors (Lipinski definition) is 1. The Labute approximate surface area is 114 Å². The van der Waals surface area contributed by atoms with Gasteiger partial charge in [-0.15, -0.1) is 12.4 Å². The lowest BCUT2D eigenvalue weighted by Gasteiger charge is -2.19. The van der Waals surface area contributed by atoms with E-state index in [4.69, 9.17) is 9.16 Å². The van der Waals surface area contributed by atoms with Gasteiger partial charge in [0.25, 0.3) is 0 Å². The van der Waals surface area contributed by atoms with Crippen LogP contribution >= 0.6 is 12.4 Å². The van der Waals surface area contributed by atoms with Crippen molar-refractivity contribution in [1.82, 2.24) is 5.32 Å². The first-order valence-electron chi connectivity index (χ1n) is 5.66. The number of hydrogen-bond acceptors (Lipinski definition) is 3. The molecule has 1 atom stereocenters. The van der Waals surface area contributed by atoms with Crippen LogP contribution in [0.25, 0.3) is 0 Å². The molecule has 1 aromatic carbocycles. The minimum absolute atomic E-state index is 0. The summed E-state index contributed by atoms with van der Waals surface area (Å²) >= 11 is 0. The van der Waals surface area contributed by atoms with Crippen LogP contribution in [0.4, 0.5) is 4.79 Å². The number of cyclic esters (lactones) is 1. The maximum absolute atomic E-state index is 10.9. The minimum atomic E-state index is -1.55. The molecule has 0 spiro atoms. The molecule has 1 heterocycles. The maximum Gasteiger partial charge on any atom is 0.407 e. The Morgan fingerprint density at radius 2 is 1.89 bits per heavy atom. The van der Waals surface area contributed by atoms with E-state index < -0.39 is 8.32 Å². The summed E-state index contributed by atoms with van der Waals surface area (Å²) in [6.07, 6.45) is -0.350. The highest BCUT2D eigenvalue weighted by Gasteiger charge is 2.23. The number of halogens is 1. The Kier molecular flexibility index (Phi) is 4.64. The normalized spacial score (nSPS) is 18.6. The van der Waals surface area contributed by atoms with Crippen molar-refractivity contribution in [2.45, 2.75) is 25.7 Å². The Hall–Kier alpha value is -1.20. The van der Waals surface area contributed by atoms with Crippen molar-refractivity contribution in [3.63, 3.8) is 0 Å². The molecule has 1 aliphatic rings. The fourth-order valence-corrected chi connectivity index (χ4v) is 2.53. The first-order chi connectivity index (χ1) is 7.94. The summed E-state index contributed by atoms with van der Waals surface area (Å²) in [5.41, 5.74) is 1.04. The van der Waals surface area contributed by atoms with E-state index in [0.29, 0.717) is 6.61 Å². The van der Waals surface area contributed by atoms with Gasteiger partial charge >= 0.3 is 6.09 Å². The van der Waals surface area contributed by atoms with Crippen molar-refractivity contribution in [2.75, 3.05) is 6.61 Å². The highest BCUT2D eigenvalue weighted by atomic mass is 35.5. The van der Waals surface area contributed by atoms with E-state index in [-0.39, 0.29) is 24.5 Å². The summed E-state index contributed by atoms with van der Waals surface area (Å²) in [5, 5.41) is 2.74. The summed E-state index contributed by atoms with van der Waals surface area (Å²) < 4.78 is 10.7. The predicted octanol–water partition coefficient (Wildman–Crippen LogP) is 3.10. The van der Waals surface area contributed by atoms with Crippen LogP contribution in [0.3, 0.4) is 0 Å². The van der Waals surface area contributed by atoms with Gasteiger partial charge in [0.2, 0.25) is 8.32 Å². The van der Waals surface area contributed by atoms with Crippen LogP contribution in [0.15, 0.2) is 24.3 Å². The lowest BCUT2D eigenvalue weighted by Crippen LogP contribution is -2.29. The average Bonchev–Trinajstić information content (AvgIpc) is 2.63. The third-order valence-corrected chi connectivity index (χ3v) is 3.23.